The summed E-state index contributed by atoms with van der Waals surface area (Å²) in [6, 6.07) is 0. The summed E-state index contributed by atoms with van der Waals surface area (Å²) in [6.45, 7) is 8.11. The lowest BCUT2D eigenvalue weighted by Gasteiger charge is -2.29. The number of allylic oxidation sites excluding steroid dienone is 1. The SMILES string of the molecule is CC(C)C1=CN(C)CCC1C. The molecule has 0 aliphatic carbocycles. The number of hydrogen-bond acceptors (Lipinski definition) is 1. The third-order valence-corrected chi connectivity index (χ3v) is 2.52. The molecule has 64 valence electrons. The van der Waals surface area contributed by atoms with E-state index < -0.39 is 0 Å². The summed E-state index contributed by atoms with van der Waals surface area (Å²) in [4.78, 5) is 2.30. The predicted molar refractivity (Wildman–Crippen MR) is 49.3 cm³/mol. The summed E-state index contributed by atoms with van der Waals surface area (Å²) in [7, 11) is 2.16. The van der Waals surface area contributed by atoms with Gasteiger partial charge in [-0.1, -0.05) is 20.8 Å². The van der Waals surface area contributed by atoms with E-state index in [1.807, 2.05) is 0 Å². The molecule has 1 heteroatoms. The quantitative estimate of drug-likeness (QED) is 0.559. The molecule has 1 unspecified atom stereocenters. The molecule has 0 amide bonds. The Hall–Kier alpha value is -0.460. The highest BCUT2D eigenvalue weighted by atomic mass is 15.1. The monoisotopic (exact) mass is 153 g/mol. The molecule has 0 aromatic carbocycles. The van der Waals surface area contributed by atoms with Crippen LogP contribution in [0.5, 0.6) is 0 Å². The molecule has 0 radical (unpaired) electrons. The van der Waals surface area contributed by atoms with Gasteiger partial charge in [-0.25, -0.2) is 0 Å². The molecule has 1 rings (SSSR count). The van der Waals surface area contributed by atoms with Crippen LogP contribution in [0.25, 0.3) is 0 Å². The zero-order valence-corrected chi connectivity index (χ0v) is 8.09. The van der Waals surface area contributed by atoms with E-state index in [0.29, 0.717) is 5.92 Å². The van der Waals surface area contributed by atoms with E-state index >= 15 is 0 Å². The van der Waals surface area contributed by atoms with Crippen LogP contribution in [0.3, 0.4) is 0 Å². The number of hydrogen-bond donors (Lipinski definition) is 0. The van der Waals surface area contributed by atoms with Gasteiger partial charge in [0.25, 0.3) is 0 Å². The van der Waals surface area contributed by atoms with E-state index in [2.05, 4.69) is 38.9 Å². The molecule has 1 aliphatic heterocycles. The molecule has 0 bridgehead atoms. The maximum Gasteiger partial charge on any atom is 0.0174 e. The summed E-state index contributed by atoms with van der Waals surface area (Å²) < 4.78 is 0. The Bertz CT molecular complexity index is 158. The van der Waals surface area contributed by atoms with Gasteiger partial charge < -0.3 is 4.90 Å². The van der Waals surface area contributed by atoms with Gasteiger partial charge in [0.2, 0.25) is 0 Å². The van der Waals surface area contributed by atoms with Crippen molar-refractivity contribution in [1.29, 1.82) is 0 Å². The van der Waals surface area contributed by atoms with E-state index in [9.17, 15) is 0 Å². The third kappa shape index (κ3) is 1.98. The Balaban J connectivity index is 2.71. The summed E-state index contributed by atoms with van der Waals surface area (Å²) >= 11 is 0. The first-order chi connectivity index (χ1) is 5.11. The molecule has 0 aromatic heterocycles. The predicted octanol–water partition coefficient (Wildman–Crippen LogP) is 2.50. The van der Waals surface area contributed by atoms with Gasteiger partial charge in [0.15, 0.2) is 0 Å². The molecule has 0 N–H and O–H groups in total. The van der Waals surface area contributed by atoms with Crippen LogP contribution in [0.15, 0.2) is 11.8 Å². The molecule has 0 spiro atoms. The largest absolute Gasteiger partial charge is 0.380 e. The van der Waals surface area contributed by atoms with Crippen LogP contribution in [0.1, 0.15) is 27.2 Å². The van der Waals surface area contributed by atoms with Crippen molar-refractivity contribution >= 4 is 0 Å². The number of nitrogens with zero attached hydrogens (tertiary/aromatic N) is 1. The summed E-state index contributed by atoms with van der Waals surface area (Å²) in [5.41, 5.74) is 1.61. The maximum atomic E-state index is 2.33. The van der Waals surface area contributed by atoms with Crippen molar-refractivity contribution in [3.63, 3.8) is 0 Å². The molecule has 1 aliphatic rings. The van der Waals surface area contributed by atoms with E-state index in [-0.39, 0.29) is 0 Å². The van der Waals surface area contributed by atoms with Crippen molar-refractivity contribution in [1.82, 2.24) is 4.90 Å². The van der Waals surface area contributed by atoms with Crippen LogP contribution in [0, 0.1) is 11.8 Å². The standard InChI is InChI=1S/C10H19N/c1-8(2)10-7-11(4)6-5-9(10)3/h7-9H,5-6H2,1-4H3. The zero-order chi connectivity index (χ0) is 8.43. The van der Waals surface area contributed by atoms with Crippen LogP contribution < -0.4 is 0 Å². The van der Waals surface area contributed by atoms with Crippen molar-refractivity contribution in [2.45, 2.75) is 27.2 Å². The Morgan fingerprint density at radius 1 is 1.55 bits per heavy atom. The molecule has 0 aromatic rings. The van der Waals surface area contributed by atoms with Crippen LogP contribution in [-0.2, 0) is 0 Å². The second kappa shape index (κ2) is 3.29. The highest BCUT2D eigenvalue weighted by Crippen LogP contribution is 2.26. The lowest BCUT2D eigenvalue weighted by Crippen LogP contribution is -2.24. The maximum absolute atomic E-state index is 2.33. The van der Waals surface area contributed by atoms with Crippen LogP contribution >= 0.6 is 0 Å². The normalized spacial score (nSPS) is 25.7. The average molecular weight is 153 g/mol. The van der Waals surface area contributed by atoms with Crippen LogP contribution in [0.2, 0.25) is 0 Å². The van der Waals surface area contributed by atoms with E-state index in [4.69, 9.17) is 0 Å². The second-order valence-electron chi connectivity index (χ2n) is 3.95. The van der Waals surface area contributed by atoms with Gasteiger partial charge in [0, 0.05) is 13.6 Å². The summed E-state index contributed by atoms with van der Waals surface area (Å²) in [5.74, 6) is 1.51. The summed E-state index contributed by atoms with van der Waals surface area (Å²) in [5, 5.41) is 0. The van der Waals surface area contributed by atoms with Crippen molar-refractivity contribution in [2.75, 3.05) is 13.6 Å². The van der Waals surface area contributed by atoms with Gasteiger partial charge in [0.1, 0.15) is 0 Å². The van der Waals surface area contributed by atoms with Crippen molar-refractivity contribution in [3.8, 4) is 0 Å². The Morgan fingerprint density at radius 2 is 2.18 bits per heavy atom. The minimum atomic E-state index is 0.716. The second-order valence-corrected chi connectivity index (χ2v) is 3.95. The van der Waals surface area contributed by atoms with E-state index in [0.717, 1.165) is 5.92 Å². The molecular weight excluding hydrogens is 134 g/mol. The molecule has 11 heavy (non-hydrogen) atoms. The van der Waals surface area contributed by atoms with E-state index in [1.54, 1.807) is 5.57 Å². The van der Waals surface area contributed by atoms with Crippen LogP contribution in [0.4, 0.5) is 0 Å². The van der Waals surface area contributed by atoms with Gasteiger partial charge in [-0.05, 0) is 30.0 Å². The molecule has 1 atom stereocenters. The van der Waals surface area contributed by atoms with Gasteiger partial charge in [-0.15, -0.1) is 0 Å². The van der Waals surface area contributed by atoms with Crippen LogP contribution in [-0.4, -0.2) is 18.5 Å². The van der Waals surface area contributed by atoms with Gasteiger partial charge in [-0.2, -0.15) is 0 Å². The van der Waals surface area contributed by atoms with Crippen molar-refractivity contribution < 1.29 is 0 Å². The van der Waals surface area contributed by atoms with E-state index in [1.165, 1.54) is 13.0 Å². The Kier molecular flexibility index (Phi) is 2.58. The minimum absolute atomic E-state index is 0.716. The highest BCUT2D eigenvalue weighted by Gasteiger charge is 2.17. The number of rotatable bonds is 1. The fourth-order valence-electron chi connectivity index (χ4n) is 1.73. The fraction of sp³-hybridized carbons (Fsp3) is 0.800. The Morgan fingerprint density at radius 3 is 2.64 bits per heavy atom. The van der Waals surface area contributed by atoms with Crippen molar-refractivity contribution in [2.24, 2.45) is 11.8 Å². The first-order valence-corrected chi connectivity index (χ1v) is 4.53. The lowest BCUT2D eigenvalue weighted by atomic mass is 9.87. The first kappa shape index (κ1) is 8.63. The molecule has 1 heterocycles. The lowest BCUT2D eigenvalue weighted by molar-refractivity contribution is 0.355. The smallest absolute Gasteiger partial charge is 0.0174 e. The Labute approximate surface area is 70.1 Å². The third-order valence-electron chi connectivity index (χ3n) is 2.52. The molecular formula is C10H19N. The zero-order valence-electron chi connectivity index (χ0n) is 8.09. The van der Waals surface area contributed by atoms with Crippen molar-refractivity contribution in [3.05, 3.63) is 11.8 Å². The molecule has 0 saturated heterocycles. The summed E-state index contributed by atoms with van der Waals surface area (Å²) in [6.07, 6.45) is 3.64. The highest BCUT2D eigenvalue weighted by molar-refractivity contribution is 5.10. The average Bonchev–Trinajstić information content (AvgIpc) is 1.94. The minimum Gasteiger partial charge on any atom is -0.380 e. The first-order valence-electron chi connectivity index (χ1n) is 4.53. The van der Waals surface area contributed by atoms with Gasteiger partial charge in [-0.3, -0.25) is 0 Å². The van der Waals surface area contributed by atoms with Gasteiger partial charge in [0.05, 0.1) is 0 Å². The topological polar surface area (TPSA) is 3.24 Å². The fourth-order valence-corrected chi connectivity index (χ4v) is 1.73. The molecule has 1 nitrogen and oxygen atoms in total. The molecule has 0 fully saturated rings. The van der Waals surface area contributed by atoms with Gasteiger partial charge >= 0.3 is 0 Å². The molecule has 0 saturated carbocycles.